The van der Waals surface area contributed by atoms with Crippen molar-refractivity contribution in [3.8, 4) is 0 Å². The number of ether oxygens (including phenoxy) is 3. The van der Waals surface area contributed by atoms with Crippen LogP contribution in [-0.2, 0) is 44.6 Å². The Hall–Kier alpha value is -3.59. The smallest absolute Gasteiger partial charge is 0.328 e. The lowest BCUT2D eigenvalue weighted by molar-refractivity contribution is -0.152. The van der Waals surface area contributed by atoms with Crippen molar-refractivity contribution < 1.29 is 38.2 Å². The number of likely N-dealkylation sites (tertiary alicyclic amines) is 2. The summed E-state index contributed by atoms with van der Waals surface area (Å²) in [5.41, 5.74) is 7.26. The normalized spacial score (nSPS) is 22.5. The molecule has 2 saturated heterocycles. The quantitative estimate of drug-likeness (QED) is 0.200. The summed E-state index contributed by atoms with van der Waals surface area (Å²) in [5.74, 6) is -2.15. The van der Waals surface area contributed by atoms with Gasteiger partial charge in [0, 0.05) is 46.8 Å². The van der Waals surface area contributed by atoms with E-state index in [2.05, 4.69) is 5.32 Å². The van der Waals surface area contributed by atoms with E-state index in [1.54, 1.807) is 35.8 Å². The lowest BCUT2D eigenvalue weighted by Gasteiger charge is -2.41. The summed E-state index contributed by atoms with van der Waals surface area (Å²) in [7, 11) is 9.83. The molecule has 1 aromatic carbocycles. The van der Waals surface area contributed by atoms with Crippen molar-refractivity contribution in [1.82, 2.24) is 24.9 Å². The first-order chi connectivity index (χ1) is 26.0. The summed E-state index contributed by atoms with van der Waals surface area (Å²) >= 11 is 0. The van der Waals surface area contributed by atoms with Gasteiger partial charge < -0.3 is 40.0 Å². The molecule has 0 saturated carbocycles. The Labute approximate surface area is 328 Å². The number of hydrogen-bond acceptors (Lipinski definition) is 10. The number of nitrogens with zero attached hydrogens (tertiary/aromatic N) is 4. The highest BCUT2D eigenvalue weighted by Gasteiger charge is 2.46. The molecule has 2 aliphatic rings. The van der Waals surface area contributed by atoms with Crippen molar-refractivity contribution in [1.29, 1.82) is 0 Å². The zero-order valence-corrected chi connectivity index (χ0v) is 35.0. The van der Waals surface area contributed by atoms with Gasteiger partial charge in [-0.15, -0.1) is 0 Å². The Morgan fingerprint density at radius 1 is 0.964 bits per heavy atom. The van der Waals surface area contributed by atoms with E-state index in [9.17, 15) is 24.0 Å². The van der Waals surface area contributed by atoms with Crippen molar-refractivity contribution in [3.05, 3.63) is 35.9 Å². The predicted molar refractivity (Wildman–Crippen MR) is 211 cm³/mol. The second kappa shape index (κ2) is 21.1. The molecule has 3 rings (SSSR count). The summed E-state index contributed by atoms with van der Waals surface area (Å²) in [4.78, 5) is 75.8. The van der Waals surface area contributed by atoms with Gasteiger partial charge in [-0.2, -0.15) is 0 Å². The summed E-state index contributed by atoms with van der Waals surface area (Å²) < 4.78 is 17.0. The second-order valence-corrected chi connectivity index (χ2v) is 16.0. The second-order valence-electron chi connectivity index (χ2n) is 16.0. The van der Waals surface area contributed by atoms with E-state index in [4.69, 9.17) is 19.9 Å². The molecule has 3 N–H and O–H groups in total. The van der Waals surface area contributed by atoms with Crippen molar-refractivity contribution in [2.24, 2.45) is 23.5 Å². The fourth-order valence-corrected chi connectivity index (χ4v) is 8.65. The monoisotopic (exact) mass is 773 g/mol. The van der Waals surface area contributed by atoms with E-state index in [1.165, 1.54) is 14.2 Å². The first-order valence-corrected chi connectivity index (χ1v) is 19.8. The molecule has 0 bridgehead atoms. The third-order valence-electron chi connectivity index (χ3n) is 11.7. The van der Waals surface area contributed by atoms with Gasteiger partial charge in [-0.25, -0.2) is 4.79 Å². The van der Waals surface area contributed by atoms with Gasteiger partial charge in [0.1, 0.15) is 12.1 Å². The fraction of sp³-hybridized carbons (Fsp3) is 0.732. The van der Waals surface area contributed by atoms with E-state index in [-0.39, 0.29) is 54.3 Å². The summed E-state index contributed by atoms with van der Waals surface area (Å²) in [5, 5.41) is 2.86. The van der Waals surface area contributed by atoms with Gasteiger partial charge in [0.2, 0.25) is 23.6 Å². The van der Waals surface area contributed by atoms with Crippen LogP contribution in [0.2, 0.25) is 0 Å². The van der Waals surface area contributed by atoms with Crippen molar-refractivity contribution in [2.75, 3.05) is 55.6 Å². The van der Waals surface area contributed by atoms with Crippen LogP contribution < -0.4 is 11.1 Å². The maximum atomic E-state index is 14.4. The lowest BCUT2D eigenvalue weighted by atomic mass is 9.89. The van der Waals surface area contributed by atoms with Crippen LogP contribution in [0.5, 0.6) is 0 Å². The Morgan fingerprint density at radius 2 is 1.62 bits per heavy atom. The van der Waals surface area contributed by atoms with Crippen LogP contribution in [0.3, 0.4) is 0 Å². The Bertz CT molecular complexity index is 1420. The number of carbonyl (C=O) groups excluding carboxylic acids is 5. The molecule has 310 valence electrons. The SMILES string of the molecule is CC[C@H](C)[C@@H]([C@@H](CC(=O)N1CCC[C@H]1[C@H](OC)[C@@H](C)C(=O)N[C@@H](Cc1ccccc1)C(=O)OC)OC)N(C)C(=O)[C@@H]1C[C@H](N)CN1C(=O)C(C(C)C)N(C)C. The van der Waals surface area contributed by atoms with E-state index >= 15 is 0 Å². The van der Waals surface area contributed by atoms with Crippen molar-refractivity contribution in [2.45, 2.75) is 122 Å². The van der Waals surface area contributed by atoms with Gasteiger partial charge in [-0.05, 0) is 50.8 Å². The van der Waals surface area contributed by atoms with E-state index < -0.39 is 54.3 Å². The first-order valence-electron chi connectivity index (χ1n) is 19.8. The molecule has 0 radical (unpaired) electrons. The van der Waals surface area contributed by atoms with E-state index in [1.807, 2.05) is 77.0 Å². The van der Waals surface area contributed by atoms with Crippen LogP contribution >= 0.6 is 0 Å². The third kappa shape index (κ3) is 11.3. The maximum absolute atomic E-state index is 14.4. The van der Waals surface area contributed by atoms with Crippen LogP contribution in [0.4, 0.5) is 0 Å². The van der Waals surface area contributed by atoms with Gasteiger partial charge in [0.15, 0.2) is 0 Å². The van der Waals surface area contributed by atoms with Crippen LogP contribution in [0, 0.1) is 17.8 Å². The van der Waals surface area contributed by atoms with Crippen molar-refractivity contribution in [3.63, 3.8) is 0 Å². The van der Waals surface area contributed by atoms with E-state index in [0.29, 0.717) is 25.9 Å². The number of benzene rings is 1. The zero-order chi connectivity index (χ0) is 41.1. The molecule has 0 spiro atoms. The molecule has 1 unspecified atom stereocenters. The van der Waals surface area contributed by atoms with Gasteiger partial charge in [-0.3, -0.25) is 24.1 Å². The molecule has 0 aliphatic carbocycles. The minimum atomic E-state index is -0.893. The number of hydrogen-bond donors (Lipinski definition) is 2. The minimum absolute atomic E-state index is 0.000999. The molecule has 1 aromatic rings. The van der Waals surface area contributed by atoms with Crippen LogP contribution in [0.1, 0.15) is 72.3 Å². The van der Waals surface area contributed by atoms with Crippen LogP contribution in [0.15, 0.2) is 30.3 Å². The van der Waals surface area contributed by atoms with E-state index in [0.717, 1.165) is 18.4 Å². The molecule has 10 atom stereocenters. The maximum Gasteiger partial charge on any atom is 0.328 e. The van der Waals surface area contributed by atoms with Crippen LogP contribution in [0.25, 0.3) is 0 Å². The molecule has 55 heavy (non-hydrogen) atoms. The molecular weight excluding hydrogens is 704 g/mol. The standard InChI is InChI=1S/C41H68N6O8/c1-12-26(4)36(45(8)39(50)32-22-29(42)24-47(32)40(51)35(25(2)3)44(6)7)33(53-9)23-34(48)46-20-16-19-31(46)37(54-10)27(5)38(49)43-30(41(52)55-11)21-28-17-14-13-15-18-28/h13-15,17-18,25-27,29-33,35-37H,12,16,19-24,42H2,1-11H3,(H,43,49)/t26-,27+,29-,30-,31-,32-,33+,35?,36-,37+/m0/s1. The predicted octanol–water partition coefficient (Wildman–Crippen LogP) is 2.32. The van der Waals surface area contributed by atoms with Gasteiger partial charge in [0.25, 0.3) is 0 Å². The lowest BCUT2D eigenvalue weighted by Crippen LogP contribution is -2.58. The van der Waals surface area contributed by atoms with Gasteiger partial charge in [0.05, 0.1) is 49.8 Å². The van der Waals surface area contributed by atoms with Gasteiger partial charge >= 0.3 is 5.97 Å². The largest absolute Gasteiger partial charge is 0.467 e. The topological polar surface area (TPSA) is 164 Å². The summed E-state index contributed by atoms with van der Waals surface area (Å²) in [6, 6.07) is 6.16. The zero-order valence-electron chi connectivity index (χ0n) is 35.0. The summed E-state index contributed by atoms with van der Waals surface area (Å²) in [6.07, 6.45) is 1.40. The number of nitrogens with one attached hydrogen (secondary N) is 1. The number of esters is 1. The highest BCUT2D eigenvalue weighted by atomic mass is 16.5. The molecule has 2 heterocycles. The average molecular weight is 773 g/mol. The van der Waals surface area contributed by atoms with Gasteiger partial charge in [-0.1, -0.05) is 71.4 Å². The highest BCUT2D eigenvalue weighted by molar-refractivity contribution is 5.91. The molecule has 0 aromatic heterocycles. The Kier molecular flexibility index (Phi) is 17.6. The molecule has 14 nitrogen and oxygen atoms in total. The number of likely N-dealkylation sites (N-methyl/N-ethyl adjacent to an activating group) is 2. The number of carbonyl (C=O) groups is 5. The van der Waals surface area contributed by atoms with Crippen LogP contribution in [-0.4, -0.2) is 153 Å². The fourth-order valence-electron chi connectivity index (χ4n) is 8.65. The molecule has 2 aliphatic heterocycles. The Morgan fingerprint density at radius 3 is 2.16 bits per heavy atom. The first kappa shape index (κ1) is 45.8. The Balaban J connectivity index is 1.80. The number of methoxy groups -OCH3 is 3. The number of amides is 4. The third-order valence-corrected chi connectivity index (χ3v) is 11.7. The molecular formula is C41H68N6O8. The number of nitrogens with two attached hydrogens (primary N) is 1. The molecule has 4 amide bonds. The number of rotatable bonds is 19. The molecule has 2 fully saturated rings. The molecule has 14 heteroatoms. The van der Waals surface area contributed by atoms with Crippen molar-refractivity contribution >= 4 is 29.6 Å². The minimum Gasteiger partial charge on any atom is -0.467 e. The summed E-state index contributed by atoms with van der Waals surface area (Å²) in [6.45, 7) is 10.6. The highest BCUT2D eigenvalue weighted by Crippen LogP contribution is 2.31. The average Bonchev–Trinajstić information content (AvgIpc) is 3.80.